The van der Waals surface area contributed by atoms with Gasteiger partial charge in [-0.2, -0.15) is 5.06 Å². The van der Waals surface area contributed by atoms with Crippen LogP contribution in [-0.4, -0.2) is 127 Å². The smallest absolute Gasteiger partial charge is 0.480 e. The summed E-state index contributed by atoms with van der Waals surface area (Å²) in [4.78, 5) is 49.7. The molecule has 3 rings (SSSR count). The van der Waals surface area contributed by atoms with Crippen molar-refractivity contribution in [1.29, 1.82) is 0 Å². The molecular weight excluding hydrogens is 639 g/mol. The Morgan fingerprint density at radius 1 is 0.870 bits per heavy atom. The molecule has 4 N–H and O–H groups in total. The summed E-state index contributed by atoms with van der Waals surface area (Å²) >= 11 is 0. The molecule has 1 aromatic carbocycles. The molecule has 0 aliphatic carbocycles. The summed E-state index contributed by atoms with van der Waals surface area (Å²) in [5.74, 6) is -1.55. The van der Waals surface area contributed by atoms with Crippen LogP contribution in [-0.2, 0) is 19.2 Å². The Kier molecular flexibility index (Phi) is 18.4. The zero-order valence-corrected chi connectivity index (χ0v) is 29.2. The molecule has 2 unspecified atom stereocenters. The highest BCUT2D eigenvalue weighted by Crippen LogP contribution is 2.20. The second kappa shape index (κ2) is 19.7. The van der Waals surface area contributed by atoms with E-state index < -0.39 is 63.5 Å². The third kappa shape index (κ3) is 17.7. The van der Waals surface area contributed by atoms with Crippen LogP contribution in [0, 0.1) is 10.1 Å². The standard InChI is InChI=1S/C12H17NO5Si.C10H21NO4Si.C6H11NO3.CH4/c1-19(2,3)9-8-17-12(14)18-11-6-4-10(5-7-11)13(15)16;1-16(2,3)5-4-15-11-7-8(12)6-9(11)10(13)14;1-7-3-4(8)2-5(7)6(9)10;/h4-7H,8-9H2,1-3H3;8-9,12H,4-7H2,1-3H3,(H,13,14);4-5,8H,2-3H2,1H3,(H,9,10);1H4/t;8-,9?;4-,5?;/m.00./s1. The van der Waals surface area contributed by atoms with Gasteiger partial charge in [0, 0.05) is 47.7 Å². The summed E-state index contributed by atoms with van der Waals surface area (Å²) in [5.41, 5.74) is -0.0561. The van der Waals surface area contributed by atoms with Gasteiger partial charge in [0.2, 0.25) is 0 Å². The Morgan fingerprint density at radius 3 is 1.76 bits per heavy atom. The van der Waals surface area contributed by atoms with Crippen LogP contribution in [0.3, 0.4) is 0 Å². The van der Waals surface area contributed by atoms with Gasteiger partial charge in [-0.25, -0.2) is 4.79 Å². The Morgan fingerprint density at radius 2 is 1.35 bits per heavy atom. The number of benzene rings is 1. The number of likely N-dealkylation sites (tertiary alicyclic amines) is 1. The van der Waals surface area contributed by atoms with Crippen LogP contribution < -0.4 is 4.74 Å². The molecule has 17 heteroatoms. The number of aliphatic hydroxyl groups excluding tert-OH is 2. The van der Waals surface area contributed by atoms with E-state index in [1.165, 1.54) is 29.3 Å². The SMILES string of the molecule is C.CN1C[C@@H](O)CC1C(=O)O.C[Si](C)(C)CCOC(=O)Oc1ccc([N+](=O)[O-])cc1.C[Si](C)(C)CCON1C[C@@H](O)CC1C(=O)O. The van der Waals surface area contributed by atoms with Crippen molar-refractivity contribution in [2.24, 2.45) is 0 Å². The molecule has 0 saturated carbocycles. The van der Waals surface area contributed by atoms with Gasteiger partial charge in [0.25, 0.3) is 5.69 Å². The van der Waals surface area contributed by atoms with Crippen LogP contribution in [0.4, 0.5) is 10.5 Å². The molecular formula is C29H53N3O12Si2. The van der Waals surface area contributed by atoms with Crippen molar-refractivity contribution in [1.82, 2.24) is 9.96 Å². The van der Waals surface area contributed by atoms with E-state index in [4.69, 9.17) is 29.6 Å². The van der Waals surface area contributed by atoms with Gasteiger partial charge in [-0.1, -0.05) is 46.7 Å². The van der Waals surface area contributed by atoms with Crippen molar-refractivity contribution in [3.05, 3.63) is 34.4 Å². The van der Waals surface area contributed by atoms with Crippen LogP contribution in [0.25, 0.3) is 0 Å². The molecule has 264 valence electrons. The molecule has 46 heavy (non-hydrogen) atoms. The minimum atomic E-state index is -1.24. The maximum absolute atomic E-state index is 11.4. The second-order valence-corrected chi connectivity index (χ2v) is 24.7. The largest absolute Gasteiger partial charge is 0.513 e. The highest BCUT2D eigenvalue weighted by atomic mass is 28.3. The first kappa shape index (κ1) is 43.1. The van der Waals surface area contributed by atoms with Gasteiger partial charge in [-0.3, -0.25) is 29.4 Å². The fraction of sp³-hybridized carbons (Fsp3) is 0.690. The van der Waals surface area contributed by atoms with Crippen LogP contribution >= 0.6 is 0 Å². The maximum atomic E-state index is 11.4. The molecule has 2 aliphatic rings. The topological polar surface area (TPSA) is 209 Å². The normalized spacial score (nSPS) is 21.5. The number of aliphatic hydroxyl groups is 2. The number of ether oxygens (including phenoxy) is 2. The van der Waals surface area contributed by atoms with Crippen molar-refractivity contribution >= 4 is 39.9 Å². The Bertz CT molecular complexity index is 1110. The van der Waals surface area contributed by atoms with E-state index >= 15 is 0 Å². The fourth-order valence-electron chi connectivity index (χ4n) is 4.08. The average molecular weight is 692 g/mol. The maximum Gasteiger partial charge on any atom is 0.513 e. The molecule has 0 spiro atoms. The lowest BCUT2D eigenvalue weighted by molar-refractivity contribution is -0.384. The van der Waals surface area contributed by atoms with Crippen molar-refractivity contribution < 1.29 is 54.0 Å². The summed E-state index contributed by atoms with van der Waals surface area (Å²) in [7, 11) is -0.697. The van der Waals surface area contributed by atoms with Gasteiger partial charge < -0.3 is 29.9 Å². The van der Waals surface area contributed by atoms with Crippen molar-refractivity contribution in [3.8, 4) is 5.75 Å². The number of aliphatic carboxylic acids is 2. The lowest BCUT2D eigenvalue weighted by Gasteiger charge is -2.22. The zero-order chi connectivity index (χ0) is 34.5. The van der Waals surface area contributed by atoms with Crippen LogP contribution in [0.5, 0.6) is 5.75 Å². The average Bonchev–Trinajstić information content (AvgIpc) is 3.44. The lowest BCUT2D eigenvalue weighted by Crippen LogP contribution is -2.37. The number of non-ortho nitro benzene ring substituents is 1. The number of hydrogen-bond acceptors (Lipinski definition) is 12. The van der Waals surface area contributed by atoms with E-state index in [2.05, 4.69) is 39.3 Å². The van der Waals surface area contributed by atoms with Gasteiger partial charge in [-0.05, 0) is 31.3 Å². The number of carbonyl (C=O) groups excluding carboxylic acids is 1. The van der Waals surface area contributed by atoms with Crippen LogP contribution in [0.2, 0.25) is 51.4 Å². The number of nitro groups is 1. The van der Waals surface area contributed by atoms with Crippen molar-refractivity contribution in [2.45, 2.75) is 95.9 Å². The van der Waals surface area contributed by atoms with E-state index in [1.54, 1.807) is 11.9 Å². The number of rotatable bonds is 11. The monoisotopic (exact) mass is 691 g/mol. The molecule has 0 aromatic heterocycles. The van der Waals surface area contributed by atoms with E-state index in [1.807, 2.05) is 0 Å². The number of nitro benzene ring substituents is 1. The number of carbonyl (C=O) groups is 3. The predicted octanol–water partition coefficient (Wildman–Crippen LogP) is 4.00. The molecule has 0 radical (unpaired) electrons. The predicted molar refractivity (Wildman–Crippen MR) is 177 cm³/mol. The third-order valence-corrected chi connectivity index (χ3v) is 10.2. The Balaban J connectivity index is 0.000000682. The Labute approximate surface area is 273 Å². The number of hydroxylamine groups is 2. The number of likely N-dealkylation sites (N-methyl/N-ethyl adjacent to an activating group) is 1. The van der Waals surface area contributed by atoms with E-state index in [9.17, 15) is 29.6 Å². The number of nitrogens with zero attached hydrogens (tertiary/aromatic N) is 3. The number of carboxylic acid groups (broad SMARTS) is 2. The van der Waals surface area contributed by atoms with Gasteiger partial charge >= 0.3 is 18.1 Å². The molecule has 2 saturated heterocycles. The molecule has 4 atom stereocenters. The van der Waals surface area contributed by atoms with Gasteiger partial charge in [0.05, 0.1) is 36.9 Å². The highest BCUT2D eigenvalue weighted by Gasteiger charge is 2.37. The minimum Gasteiger partial charge on any atom is -0.480 e. The molecule has 2 aliphatic heterocycles. The molecule has 2 fully saturated rings. The summed E-state index contributed by atoms with van der Waals surface area (Å²) in [6.45, 7) is 14.9. The molecule has 2 heterocycles. The van der Waals surface area contributed by atoms with Crippen LogP contribution in [0.15, 0.2) is 24.3 Å². The Hall–Kier alpha value is -2.94. The van der Waals surface area contributed by atoms with E-state index in [-0.39, 0.29) is 25.3 Å². The van der Waals surface area contributed by atoms with Gasteiger partial charge in [0.15, 0.2) is 0 Å². The first-order valence-electron chi connectivity index (χ1n) is 14.7. The molecule has 1 aromatic rings. The number of hydrogen-bond donors (Lipinski definition) is 4. The molecule has 0 amide bonds. The quantitative estimate of drug-likeness (QED) is 0.0850. The number of carboxylic acids is 2. The zero-order valence-electron chi connectivity index (χ0n) is 27.2. The fourth-order valence-corrected chi connectivity index (χ4v) is 5.50. The first-order valence-corrected chi connectivity index (χ1v) is 22.1. The number of β-amino-alcohol motifs (C(OH)–C–C–N with tert-alkyl or cyclic N) is 2. The van der Waals surface area contributed by atoms with Crippen molar-refractivity contribution in [2.75, 3.05) is 33.4 Å². The van der Waals surface area contributed by atoms with Crippen molar-refractivity contribution in [3.63, 3.8) is 0 Å². The van der Waals surface area contributed by atoms with Gasteiger partial charge in [-0.15, -0.1) is 0 Å². The molecule has 15 nitrogen and oxygen atoms in total. The van der Waals surface area contributed by atoms with Gasteiger partial charge in [0.1, 0.15) is 17.8 Å². The summed E-state index contributed by atoms with van der Waals surface area (Å²) in [5, 5.41) is 47.8. The third-order valence-electron chi connectivity index (χ3n) is 6.76. The summed E-state index contributed by atoms with van der Waals surface area (Å²) in [6, 6.07) is 5.92. The summed E-state index contributed by atoms with van der Waals surface area (Å²) < 4.78 is 9.83. The van der Waals surface area contributed by atoms with E-state index in [0.717, 1.165) is 12.1 Å². The minimum absolute atomic E-state index is 0. The summed E-state index contributed by atoms with van der Waals surface area (Å²) in [6.07, 6.45) is -1.24. The van der Waals surface area contributed by atoms with E-state index in [0.29, 0.717) is 32.7 Å². The first-order chi connectivity index (χ1) is 20.7. The molecule has 0 bridgehead atoms. The lowest BCUT2D eigenvalue weighted by atomic mass is 10.2. The highest BCUT2D eigenvalue weighted by molar-refractivity contribution is 6.76. The second-order valence-electron chi connectivity index (χ2n) is 13.4. The van der Waals surface area contributed by atoms with Crippen LogP contribution in [0.1, 0.15) is 20.3 Å².